The van der Waals surface area contributed by atoms with Gasteiger partial charge in [0, 0.05) is 11.5 Å². The van der Waals surface area contributed by atoms with Crippen molar-refractivity contribution in [3.05, 3.63) is 24.3 Å². The molecule has 6 heteroatoms. The second-order valence-electron chi connectivity index (χ2n) is 5.59. The zero-order valence-corrected chi connectivity index (χ0v) is 11.7. The van der Waals surface area contributed by atoms with Gasteiger partial charge in [-0.2, -0.15) is 0 Å². The molecule has 4 rings (SSSR count). The first-order valence-electron chi connectivity index (χ1n) is 7.15. The molecule has 3 heterocycles. The maximum absolute atomic E-state index is 13.8. The molecule has 1 aromatic carbocycles. The average Bonchev–Trinajstić information content (AvgIpc) is 3.09. The summed E-state index contributed by atoms with van der Waals surface area (Å²) in [6.07, 6.45) is 5.30. The molecule has 2 fully saturated rings. The van der Waals surface area contributed by atoms with E-state index in [-0.39, 0.29) is 17.9 Å². The second kappa shape index (κ2) is 4.80. The molecular formula is C15H16FN3O2. The molecule has 2 saturated heterocycles. The van der Waals surface area contributed by atoms with Crippen molar-refractivity contribution in [1.29, 1.82) is 0 Å². The van der Waals surface area contributed by atoms with Crippen LogP contribution in [0.1, 0.15) is 19.3 Å². The van der Waals surface area contributed by atoms with E-state index in [2.05, 4.69) is 15.3 Å². The SMILES string of the molecule is COc1cc2c(N[C@H]3CC4CCC3O4)ncnc2cc1F. The Morgan fingerprint density at radius 3 is 2.95 bits per heavy atom. The summed E-state index contributed by atoms with van der Waals surface area (Å²) >= 11 is 0. The van der Waals surface area contributed by atoms with Crippen LogP contribution in [0.4, 0.5) is 10.2 Å². The number of nitrogens with one attached hydrogen (secondary N) is 1. The first kappa shape index (κ1) is 12.8. The van der Waals surface area contributed by atoms with Crippen molar-refractivity contribution in [1.82, 2.24) is 9.97 Å². The summed E-state index contributed by atoms with van der Waals surface area (Å²) in [6.45, 7) is 0. The number of benzene rings is 1. The Labute approximate surface area is 121 Å². The van der Waals surface area contributed by atoms with Gasteiger partial charge in [0.25, 0.3) is 0 Å². The molecule has 0 saturated carbocycles. The number of aromatic nitrogens is 2. The number of ether oxygens (including phenoxy) is 2. The van der Waals surface area contributed by atoms with Gasteiger partial charge in [0.05, 0.1) is 30.9 Å². The molecule has 2 unspecified atom stereocenters. The van der Waals surface area contributed by atoms with E-state index in [9.17, 15) is 4.39 Å². The third kappa shape index (κ3) is 2.10. The molecule has 2 aromatic rings. The van der Waals surface area contributed by atoms with Crippen LogP contribution >= 0.6 is 0 Å². The third-order valence-corrected chi connectivity index (χ3v) is 4.34. The summed E-state index contributed by atoms with van der Waals surface area (Å²) in [7, 11) is 1.45. The smallest absolute Gasteiger partial charge is 0.167 e. The molecule has 0 spiro atoms. The van der Waals surface area contributed by atoms with Gasteiger partial charge in [-0.15, -0.1) is 0 Å². The normalized spacial score (nSPS) is 27.2. The minimum atomic E-state index is -0.419. The molecule has 5 nitrogen and oxygen atoms in total. The Bertz CT molecular complexity index is 694. The molecule has 3 atom stereocenters. The molecule has 1 aromatic heterocycles. The molecule has 110 valence electrons. The number of nitrogens with zero attached hydrogens (tertiary/aromatic N) is 2. The summed E-state index contributed by atoms with van der Waals surface area (Å²) in [5, 5.41) is 4.19. The Kier molecular flexibility index (Phi) is 2.92. The summed E-state index contributed by atoms with van der Waals surface area (Å²) in [4.78, 5) is 8.43. The summed E-state index contributed by atoms with van der Waals surface area (Å²) < 4.78 is 24.6. The average molecular weight is 289 g/mol. The number of halogens is 1. The van der Waals surface area contributed by atoms with Crippen molar-refractivity contribution in [2.75, 3.05) is 12.4 Å². The highest BCUT2D eigenvalue weighted by molar-refractivity contribution is 5.90. The van der Waals surface area contributed by atoms with E-state index in [0.717, 1.165) is 24.6 Å². The first-order chi connectivity index (χ1) is 10.2. The highest BCUT2D eigenvalue weighted by atomic mass is 19.1. The predicted molar refractivity (Wildman–Crippen MR) is 76.0 cm³/mol. The van der Waals surface area contributed by atoms with Crippen LogP contribution in [0.3, 0.4) is 0 Å². The van der Waals surface area contributed by atoms with Gasteiger partial charge in [0.2, 0.25) is 0 Å². The summed E-state index contributed by atoms with van der Waals surface area (Å²) in [5.74, 6) is 0.488. The predicted octanol–water partition coefficient (Wildman–Crippen LogP) is 2.51. The Morgan fingerprint density at radius 2 is 2.24 bits per heavy atom. The number of fused-ring (bicyclic) bond motifs is 3. The number of anilines is 1. The lowest BCUT2D eigenvalue weighted by atomic mass is 9.95. The zero-order chi connectivity index (χ0) is 14.4. The highest BCUT2D eigenvalue weighted by Crippen LogP contribution is 2.37. The third-order valence-electron chi connectivity index (χ3n) is 4.34. The van der Waals surface area contributed by atoms with Gasteiger partial charge in [-0.25, -0.2) is 14.4 Å². The standard InChI is InChI=1S/C15H16FN3O2/c1-20-14-5-9-11(6-10(14)16)17-7-18-15(9)19-12-4-8-2-3-13(12)21-8/h5-8,12-13H,2-4H2,1H3,(H,17,18,19)/t8?,12-,13?/m0/s1. The van der Waals surface area contributed by atoms with E-state index in [0.29, 0.717) is 17.4 Å². The van der Waals surface area contributed by atoms with Gasteiger partial charge < -0.3 is 14.8 Å². The van der Waals surface area contributed by atoms with Crippen molar-refractivity contribution in [2.45, 2.75) is 37.5 Å². The molecule has 0 amide bonds. The molecule has 0 aliphatic carbocycles. The Hall–Kier alpha value is -1.95. The number of rotatable bonds is 3. The van der Waals surface area contributed by atoms with Gasteiger partial charge in [0.1, 0.15) is 12.1 Å². The minimum absolute atomic E-state index is 0.199. The highest BCUT2D eigenvalue weighted by Gasteiger charge is 2.41. The first-order valence-corrected chi connectivity index (χ1v) is 7.15. The van der Waals surface area contributed by atoms with Crippen molar-refractivity contribution >= 4 is 16.7 Å². The van der Waals surface area contributed by atoms with E-state index in [4.69, 9.17) is 9.47 Å². The molecular weight excluding hydrogens is 273 g/mol. The quantitative estimate of drug-likeness (QED) is 0.941. The lowest BCUT2D eigenvalue weighted by Crippen LogP contribution is -2.30. The maximum Gasteiger partial charge on any atom is 0.167 e. The Balaban J connectivity index is 1.71. The monoisotopic (exact) mass is 289 g/mol. The largest absolute Gasteiger partial charge is 0.494 e. The van der Waals surface area contributed by atoms with E-state index < -0.39 is 5.82 Å². The molecule has 0 radical (unpaired) electrons. The van der Waals surface area contributed by atoms with Crippen molar-refractivity contribution < 1.29 is 13.9 Å². The summed E-state index contributed by atoms with van der Waals surface area (Å²) in [5.41, 5.74) is 0.565. The number of hydrogen-bond donors (Lipinski definition) is 1. The second-order valence-corrected chi connectivity index (χ2v) is 5.59. The Morgan fingerprint density at radius 1 is 1.33 bits per heavy atom. The summed E-state index contributed by atoms with van der Waals surface area (Å²) in [6, 6.07) is 3.28. The van der Waals surface area contributed by atoms with E-state index >= 15 is 0 Å². The van der Waals surface area contributed by atoms with E-state index in [1.807, 2.05) is 0 Å². The van der Waals surface area contributed by atoms with E-state index in [1.165, 1.54) is 19.5 Å². The van der Waals surface area contributed by atoms with Crippen LogP contribution in [0.2, 0.25) is 0 Å². The fraction of sp³-hybridized carbons (Fsp3) is 0.467. The molecule has 2 bridgehead atoms. The topological polar surface area (TPSA) is 56.3 Å². The van der Waals surface area contributed by atoms with Crippen LogP contribution in [0, 0.1) is 5.82 Å². The fourth-order valence-corrected chi connectivity index (χ4v) is 3.29. The van der Waals surface area contributed by atoms with Crippen LogP contribution in [0.15, 0.2) is 18.5 Å². The van der Waals surface area contributed by atoms with Crippen LogP contribution in [-0.4, -0.2) is 35.3 Å². The van der Waals surface area contributed by atoms with Crippen molar-refractivity contribution in [3.63, 3.8) is 0 Å². The van der Waals surface area contributed by atoms with E-state index in [1.54, 1.807) is 6.07 Å². The van der Waals surface area contributed by atoms with Gasteiger partial charge in [-0.05, 0) is 25.3 Å². The zero-order valence-electron chi connectivity index (χ0n) is 11.7. The van der Waals surface area contributed by atoms with Crippen LogP contribution in [-0.2, 0) is 4.74 Å². The lowest BCUT2D eigenvalue weighted by molar-refractivity contribution is 0.102. The lowest BCUT2D eigenvalue weighted by Gasteiger charge is -2.21. The van der Waals surface area contributed by atoms with Gasteiger partial charge in [0.15, 0.2) is 11.6 Å². The molecule has 21 heavy (non-hydrogen) atoms. The van der Waals surface area contributed by atoms with Crippen molar-refractivity contribution in [2.24, 2.45) is 0 Å². The maximum atomic E-state index is 13.8. The van der Waals surface area contributed by atoms with Gasteiger partial charge >= 0.3 is 0 Å². The molecule has 1 N–H and O–H groups in total. The van der Waals surface area contributed by atoms with Crippen molar-refractivity contribution in [3.8, 4) is 5.75 Å². The number of hydrogen-bond acceptors (Lipinski definition) is 5. The number of methoxy groups -OCH3 is 1. The van der Waals surface area contributed by atoms with Crippen LogP contribution < -0.4 is 10.1 Å². The van der Waals surface area contributed by atoms with Crippen LogP contribution in [0.25, 0.3) is 10.9 Å². The minimum Gasteiger partial charge on any atom is -0.494 e. The molecule has 2 aliphatic heterocycles. The van der Waals surface area contributed by atoms with Gasteiger partial charge in [-0.3, -0.25) is 0 Å². The fourth-order valence-electron chi connectivity index (χ4n) is 3.29. The van der Waals surface area contributed by atoms with Gasteiger partial charge in [-0.1, -0.05) is 0 Å². The molecule has 2 aliphatic rings. The van der Waals surface area contributed by atoms with Crippen LogP contribution in [0.5, 0.6) is 5.75 Å².